The van der Waals surface area contributed by atoms with Crippen molar-refractivity contribution in [3.05, 3.63) is 0 Å². The summed E-state index contributed by atoms with van der Waals surface area (Å²) in [6.07, 6.45) is 0. The summed E-state index contributed by atoms with van der Waals surface area (Å²) in [4.78, 5) is 0. The fourth-order valence-electron chi connectivity index (χ4n) is 4.22. The van der Waals surface area contributed by atoms with E-state index in [1.165, 1.54) is 0 Å². The summed E-state index contributed by atoms with van der Waals surface area (Å²) in [5.74, 6) is 3.63. The monoisotopic (exact) mass is 372 g/mol. The second-order valence-electron chi connectivity index (χ2n) is 10.0. The van der Waals surface area contributed by atoms with E-state index in [1.807, 2.05) is 0 Å². The molecule has 0 fully saturated rings. The second kappa shape index (κ2) is 5.28. The molecule has 112 valence electrons. The SMILES string of the molecule is CC(C)(C)C#[C][Sn]([C](C)(C)C)([C](C)(C)C)[C](C)(C)C. The van der Waals surface area contributed by atoms with Crippen molar-refractivity contribution in [2.45, 2.75) is 93.4 Å². The van der Waals surface area contributed by atoms with E-state index in [-0.39, 0.29) is 5.41 Å². The van der Waals surface area contributed by atoms with Crippen LogP contribution in [-0.4, -0.2) is 18.4 Å². The third kappa shape index (κ3) is 4.16. The van der Waals surface area contributed by atoms with Crippen molar-refractivity contribution >= 4 is 18.4 Å². The van der Waals surface area contributed by atoms with Gasteiger partial charge in [-0.1, -0.05) is 0 Å². The van der Waals surface area contributed by atoms with Crippen LogP contribution in [0.1, 0.15) is 83.1 Å². The first-order valence-corrected chi connectivity index (χ1v) is 13.2. The molecule has 0 saturated carbocycles. The van der Waals surface area contributed by atoms with Crippen LogP contribution in [0.5, 0.6) is 0 Å². The standard InChI is InChI=1S/C6H9.3C4H9.Sn/c1-5-6(2,3)4;3*1-4(2)3;/h2-4H3;3*1-3H3;. The maximum atomic E-state index is 3.95. The van der Waals surface area contributed by atoms with Crippen LogP contribution in [0.15, 0.2) is 0 Å². The molecule has 0 rings (SSSR count). The van der Waals surface area contributed by atoms with Crippen molar-refractivity contribution in [1.82, 2.24) is 0 Å². The molecule has 1 heteroatoms. The molecule has 0 aliphatic carbocycles. The van der Waals surface area contributed by atoms with Gasteiger partial charge in [0.25, 0.3) is 0 Å². The van der Waals surface area contributed by atoms with Crippen LogP contribution in [0.2, 0.25) is 10.3 Å². The minimum atomic E-state index is -2.81. The van der Waals surface area contributed by atoms with Crippen LogP contribution in [0.4, 0.5) is 0 Å². The van der Waals surface area contributed by atoms with Crippen LogP contribution in [0.3, 0.4) is 0 Å². The van der Waals surface area contributed by atoms with E-state index in [1.54, 1.807) is 0 Å². The topological polar surface area (TPSA) is 0 Å². The summed E-state index contributed by atoms with van der Waals surface area (Å²) < 4.78 is 4.96. The Morgan fingerprint density at radius 1 is 0.526 bits per heavy atom. The first kappa shape index (κ1) is 19.4. The van der Waals surface area contributed by atoms with E-state index in [4.69, 9.17) is 0 Å². The van der Waals surface area contributed by atoms with Gasteiger partial charge in [-0.3, -0.25) is 0 Å². The van der Waals surface area contributed by atoms with Gasteiger partial charge >= 0.3 is 127 Å². The molecule has 0 amide bonds. The quantitative estimate of drug-likeness (QED) is 0.340. The van der Waals surface area contributed by atoms with E-state index in [9.17, 15) is 0 Å². The van der Waals surface area contributed by atoms with E-state index in [0.717, 1.165) is 0 Å². The Balaban J connectivity index is 6.35. The summed E-state index contributed by atoms with van der Waals surface area (Å²) in [6.45, 7) is 28.5. The molecule has 0 saturated heterocycles. The van der Waals surface area contributed by atoms with Gasteiger partial charge in [0.15, 0.2) is 0 Å². The van der Waals surface area contributed by atoms with Crippen molar-refractivity contribution in [3.8, 4) is 9.86 Å². The van der Waals surface area contributed by atoms with E-state index >= 15 is 0 Å². The zero-order valence-electron chi connectivity index (χ0n) is 15.5. The molecule has 0 spiro atoms. The maximum absolute atomic E-state index is 3.95. The van der Waals surface area contributed by atoms with Crippen molar-refractivity contribution < 1.29 is 0 Å². The van der Waals surface area contributed by atoms with Gasteiger partial charge in [-0.25, -0.2) is 0 Å². The van der Waals surface area contributed by atoms with E-state index < -0.39 is 18.4 Å². The molecule has 0 bridgehead atoms. The number of hydrogen-bond donors (Lipinski definition) is 0. The molecule has 0 N–H and O–H groups in total. The van der Waals surface area contributed by atoms with Gasteiger partial charge < -0.3 is 0 Å². The first-order valence-electron chi connectivity index (χ1n) is 7.50. The molecule has 0 heterocycles. The van der Waals surface area contributed by atoms with Gasteiger partial charge in [0.2, 0.25) is 0 Å². The molecule has 0 nitrogen and oxygen atoms in total. The van der Waals surface area contributed by atoms with Crippen molar-refractivity contribution in [2.24, 2.45) is 5.41 Å². The van der Waals surface area contributed by atoms with Gasteiger partial charge in [0.05, 0.1) is 0 Å². The second-order valence-corrected chi connectivity index (χ2v) is 27.8. The molecule has 0 aliphatic heterocycles. The van der Waals surface area contributed by atoms with Gasteiger partial charge in [-0.15, -0.1) is 0 Å². The third-order valence-corrected chi connectivity index (χ3v) is 24.7. The van der Waals surface area contributed by atoms with Crippen LogP contribution in [0, 0.1) is 15.3 Å². The van der Waals surface area contributed by atoms with Crippen LogP contribution in [-0.2, 0) is 0 Å². The molecule has 0 aromatic rings. The Labute approximate surface area is 127 Å². The fraction of sp³-hybridized carbons (Fsp3) is 0.889. The Hall–Kier alpha value is 0.359. The number of rotatable bonds is 0. The Morgan fingerprint density at radius 2 is 0.789 bits per heavy atom. The van der Waals surface area contributed by atoms with Crippen molar-refractivity contribution in [3.63, 3.8) is 0 Å². The normalized spacial score (nSPS) is 14.9. The summed E-state index contributed by atoms with van der Waals surface area (Å²) in [6, 6.07) is 0. The van der Waals surface area contributed by atoms with Gasteiger partial charge in [-0.2, -0.15) is 0 Å². The fourth-order valence-corrected chi connectivity index (χ4v) is 28.3. The zero-order chi connectivity index (χ0) is 15.9. The predicted molar refractivity (Wildman–Crippen MR) is 92.1 cm³/mol. The van der Waals surface area contributed by atoms with Gasteiger partial charge in [0, 0.05) is 0 Å². The van der Waals surface area contributed by atoms with E-state index in [2.05, 4.69) is 92.9 Å². The summed E-state index contributed by atoms with van der Waals surface area (Å²) in [5, 5.41) is 0. The molecule has 0 aromatic carbocycles. The number of hydrogen-bond acceptors (Lipinski definition) is 0. The minimum absolute atomic E-state index is 0.101. The summed E-state index contributed by atoms with van der Waals surface area (Å²) in [5.41, 5.74) is 0.101. The predicted octanol–water partition coefficient (Wildman–Crippen LogP) is 6.42. The van der Waals surface area contributed by atoms with Crippen molar-refractivity contribution in [2.75, 3.05) is 0 Å². The zero-order valence-corrected chi connectivity index (χ0v) is 18.4. The molecule has 0 atom stereocenters. The summed E-state index contributed by atoms with van der Waals surface area (Å²) >= 11 is -2.81. The molecule has 0 aliphatic rings. The van der Waals surface area contributed by atoms with Crippen LogP contribution >= 0.6 is 0 Å². The van der Waals surface area contributed by atoms with E-state index in [0.29, 0.717) is 10.3 Å². The molecular weight excluding hydrogens is 335 g/mol. The summed E-state index contributed by atoms with van der Waals surface area (Å²) in [7, 11) is 0. The molecule has 0 radical (unpaired) electrons. The molecule has 19 heavy (non-hydrogen) atoms. The van der Waals surface area contributed by atoms with Gasteiger partial charge in [-0.05, 0) is 0 Å². The Morgan fingerprint density at radius 3 is 0.947 bits per heavy atom. The molecule has 0 aromatic heterocycles. The molecule has 0 unspecified atom stereocenters. The Kier molecular flexibility index (Phi) is 5.38. The Bertz CT molecular complexity index is 328. The molecular formula is C18H36Sn. The van der Waals surface area contributed by atoms with Crippen LogP contribution in [0.25, 0.3) is 0 Å². The van der Waals surface area contributed by atoms with Gasteiger partial charge in [0.1, 0.15) is 0 Å². The first-order chi connectivity index (χ1) is 7.96. The average molecular weight is 371 g/mol. The van der Waals surface area contributed by atoms with Crippen molar-refractivity contribution in [1.29, 1.82) is 0 Å². The average Bonchev–Trinajstić information content (AvgIpc) is 1.92. The van der Waals surface area contributed by atoms with Crippen LogP contribution < -0.4 is 0 Å². The third-order valence-electron chi connectivity index (χ3n) is 4.00.